The van der Waals surface area contributed by atoms with E-state index in [0.29, 0.717) is 15.4 Å². The molecule has 1 aliphatic carbocycles. The fourth-order valence-corrected chi connectivity index (χ4v) is 4.93. The lowest BCUT2D eigenvalue weighted by molar-refractivity contribution is 0.0214. The van der Waals surface area contributed by atoms with Gasteiger partial charge in [0, 0.05) is 23.3 Å². The fraction of sp³-hybridized carbons (Fsp3) is 0.286. The van der Waals surface area contributed by atoms with Crippen LogP contribution in [0.25, 0.3) is 11.1 Å². The zero-order chi connectivity index (χ0) is 19.3. The van der Waals surface area contributed by atoms with E-state index in [1.54, 1.807) is 18.5 Å². The maximum absolute atomic E-state index is 13.1. The van der Waals surface area contributed by atoms with Gasteiger partial charge in [-0.05, 0) is 54.8 Å². The van der Waals surface area contributed by atoms with Crippen LogP contribution in [0.3, 0.4) is 0 Å². The third-order valence-corrected chi connectivity index (χ3v) is 6.55. The van der Waals surface area contributed by atoms with Crippen LogP contribution in [0.2, 0.25) is 0 Å². The third-order valence-electron chi connectivity index (χ3n) is 4.78. The Morgan fingerprint density at radius 3 is 2.57 bits per heavy atom. The molecule has 0 saturated heterocycles. The Balaban J connectivity index is 1.64. The van der Waals surface area contributed by atoms with Crippen LogP contribution in [0.15, 0.2) is 47.4 Å². The molecule has 28 heavy (non-hydrogen) atoms. The highest BCUT2D eigenvalue weighted by atomic mass is 32.1. The number of hydrogen-bond acceptors (Lipinski definition) is 6. The maximum Gasteiger partial charge on any atom is 0.342 e. The summed E-state index contributed by atoms with van der Waals surface area (Å²) in [4.78, 5) is 30.3. The second kappa shape index (κ2) is 8.67. The summed E-state index contributed by atoms with van der Waals surface area (Å²) < 4.78 is 5.81. The molecule has 4 rings (SSSR count). The van der Waals surface area contributed by atoms with Crippen molar-refractivity contribution in [2.45, 2.75) is 38.2 Å². The minimum atomic E-state index is -0.374. The van der Waals surface area contributed by atoms with Gasteiger partial charge in [-0.15, -0.1) is 22.7 Å². The zero-order valence-corrected chi connectivity index (χ0v) is 16.9. The van der Waals surface area contributed by atoms with Crippen LogP contribution in [0, 0.1) is 0 Å². The largest absolute Gasteiger partial charge is 0.459 e. The van der Waals surface area contributed by atoms with E-state index >= 15 is 0 Å². The lowest BCUT2D eigenvalue weighted by Crippen LogP contribution is -2.22. The van der Waals surface area contributed by atoms with E-state index < -0.39 is 0 Å². The summed E-state index contributed by atoms with van der Waals surface area (Å²) in [5.74, 6) is -0.591. The van der Waals surface area contributed by atoms with E-state index in [1.165, 1.54) is 29.1 Å². The number of rotatable bonds is 5. The van der Waals surface area contributed by atoms with Crippen molar-refractivity contribution in [1.82, 2.24) is 4.98 Å². The molecule has 1 saturated carbocycles. The molecule has 144 valence electrons. The monoisotopic (exact) mass is 412 g/mol. The number of nitrogens with zero attached hydrogens (tertiary/aromatic N) is 1. The average Bonchev–Trinajstić information content (AvgIpc) is 3.40. The minimum Gasteiger partial charge on any atom is -0.459 e. The first-order valence-corrected chi connectivity index (χ1v) is 11.1. The Bertz CT molecular complexity index is 945. The summed E-state index contributed by atoms with van der Waals surface area (Å²) in [5.41, 5.74) is 2.06. The van der Waals surface area contributed by atoms with Gasteiger partial charge in [-0.25, -0.2) is 4.79 Å². The molecular weight excluding hydrogens is 392 g/mol. The molecular formula is C21H20N2O3S2. The fourth-order valence-electron chi connectivity index (χ4n) is 3.36. The lowest BCUT2D eigenvalue weighted by atomic mass is 9.97. The number of pyridine rings is 1. The van der Waals surface area contributed by atoms with Crippen LogP contribution < -0.4 is 5.32 Å². The van der Waals surface area contributed by atoms with Crippen molar-refractivity contribution < 1.29 is 14.3 Å². The van der Waals surface area contributed by atoms with E-state index in [4.69, 9.17) is 4.74 Å². The highest BCUT2D eigenvalue weighted by Crippen LogP contribution is 2.37. The molecule has 0 radical (unpaired) electrons. The summed E-state index contributed by atoms with van der Waals surface area (Å²) in [7, 11) is 0. The van der Waals surface area contributed by atoms with Crippen molar-refractivity contribution in [3.05, 3.63) is 57.9 Å². The van der Waals surface area contributed by atoms with Gasteiger partial charge in [0.05, 0.1) is 4.88 Å². The first kappa shape index (κ1) is 18.8. The molecule has 3 aromatic heterocycles. The number of carbonyl (C=O) groups excluding carboxylic acids is 2. The lowest BCUT2D eigenvalue weighted by Gasteiger charge is -2.22. The van der Waals surface area contributed by atoms with Gasteiger partial charge in [-0.3, -0.25) is 9.78 Å². The number of esters is 1. The molecule has 0 atom stereocenters. The number of nitrogens with one attached hydrogen (secondary N) is 1. The molecule has 0 aromatic carbocycles. The molecule has 0 unspecified atom stereocenters. The maximum atomic E-state index is 13.1. The van der Waals surface area contributed by atoms with E-state index in [9.17, 15) is 9.59 Å². The first-order valence-electron chi connectivity index (χ1n) is 9.30. The van der Waals surface area contributed by atoms with Crippen molar-refractivity contribution in [1.29, 1.82) is 0 Å². The van der Waals surface area contributed by atoms with Crippen molar-refractivity contribution in [2.24, 2.45) is 0 Å². The number of ether oxygens (including phenoxy) is 1. The van der Waals surface area contributed by atoms with Crippen molar-refractivity contribution in [2.75, 3.05) is 5.32 Å². The normalized spacial score (nSPS) is 14.6. The highest BCUT2D eigenvalue weighted by Gasteiger charge is 2.26. The molecule has 0 bridgehead atoms. The van der Waals surface area contributed by atoms with Gasteiger partial charge in [-0.2, -0.15) is 0 Å². The molecule has 1 N–H and O–H groups in total. The molecule has 3 heterocycles. The molecule has 1 aliphatic rings. The second-order valence-corrected chi connectivity index (χ2v) is 8.51. The number of thiophene rings is 2. The Kier molecular flexibility index (Phi) is 5.83. The molecule has 1 fully saturated rings. The number of carbonyl (C=O) groups is 2. The quantitative estimate of drug-likeness (QED) is 0.553. The summed E-state index contributed by atoms with van der Waals surface area (Å²) >= 11 is 2.70. The van der Waals surface area contributed by atoms with E-state index in [0.717, 1.165) is 36.8 Å². The van der Waals surface area contributed by atoms with Crippen LogP contribution in [-0.4, -0.2) is 23.0 Å². The summed E-state index contributed by atoms with van der Waals surface area (Å²) in [5, 5.41) is 7.15. The van der Waals surface area contributed by atoms with Gasteiger partial charge in [0.1, 0.15) is 16.7 Å². The molecule has 5 nitrogen and oxygen atoms in total. The van der Waals surface area contributed by atoms with E-state index in [2.05, 4.69) is 10.3 Å². The smallest absolute Gasteiger partial charge is 0.342 e. The number of amides is 1. The Morgan fingerprint density at radius 2 is 1.86 bits per heavy atom. The van der Waals surface area contributed by atoms with Crippen LogP contribution in [-0.2, 0) is 4.74 Å². The minimum absolute atomic E-state index is 0.0488. The third kappa shape index (κ3) is 4.15. The van der Waals surface area contributed by atoms with Crippen LogP contribution in [0.4, 0.5) is 5.00 Å². The second-order valence-electron chi connectivity index (χ2n) is 6.69. The molecule has 3 aromatic rings. The Labute approximate surface area is 171 Å². The SMILES string of the molecule is O=C(Nc1scc(-c2ccncc2)c1C(=O)OC1CCCCC1)c1cccs1. The van der Waals surface area contributed by atoms with Gasteiger partial charge in [0.25, 0.3) is 5.91 Å². The number of hydrogen-bond donors (Lipinski definition) is 1. The van der Waals surface area contributed by atoms with E-state index in [1.807, 2.05) is 29.0 Å². The topological polar surface area (TPSA) is 68.3 Å². The zero-order valence-electron chi connectivity index (χ0n) is 15.2. The first-order chi connectivity index (χ1) is 13.7. The summed E-state index contributed by atoms with van der Waals surface area (Å²) in [6.45, 7) is 0. The van der Waals surface area contributed by atoms with Crippen LogP contribution in [0.5, 0.6) is 0 Å². The van der Waals surface area contributed by atoms with Crippen molar-refractivity contribution in [3.8, 4) is 11.1 Å². The van der Waals surface area contributed by atoms with Gasteiger partial charge in [-0.1, -0.05) is 12.5 Å². The van der Waals surface area contributed by atoms with Crippen molar-refractivity contribution in [3.63, 3.8) is 0 Å². The molecule has 1 amide bonds. The van der Waals surface area contributed by atoms with Gasteiger partial charge in [0.15, 0.2) is 0 Å². The average molecular weight is 413 g/mol. The number of anilines is 1. The Hall–Kier alpha value is -2.51. The predicted molar refractivity (Wildman–Crippen MR) is 112 cm³/mol. The molecule has 0 aliphatic heterocycles. The van der Waals surface area contributed by atoms with Gasteiger partial charge in [0.2, 0.25) is 0 Å². The summed E-state index contributed by atoms with van der Waals surface area (Å²) in [6, 6.07) is 7.29. The van der Waals surface area contributed by atoms with Gasteiger partial charge >= 0.3 is 5.97 Å². The number of aromatic nitrogens is 1. The molecule has 7 heteroatoms. The standard InChI is InChI=1S/C21H20N2O3S2/c24-19(17-7-4-12-27-17)23-20-18(21(25)26-15-5-2-1-3-6-15)16(13-28-20)14-8-10-22-11-9-14/h4,7-13,15H,1-3,5-6H2,(H,23,24). The predicted octanol–water partition coefficient (Wildman–Crippen LogP) is 5.61. The molecule has 0 spiro atoms. The van der Waals surface area contributed by atoms with Crippen LogP contribution in [0.1, 0.15) is 52.1 Å². The van der Waals surface area contributed by atoms with Crippen LogP contribution >= 0.6 is 22.7 Å². The highest BCUT2D eigenvalue weighted by molar-refractivity contribution is 7.15. The van der Waals surface area contributed by atoms with E-state index in [-0.39, 0.29) is 18.0 Å². The van der Waals surface area contributed by atoms with Gasteiger partial charge < -0.3 is 10.1 Å². The summed E-state index contributed by atoms with van der Waals surface area (Å²) in [6.07, 6.45) is 8.49. The van der Waals surface area contributed by atoms with Crippen molar-refractivity contribution >= 4 is 39.6 Å². The Morgan fingerprint density at radius 1 is 1.07 bits per heavy atom.